The number of pyridine rings is 1. The van der Waals surface area contributed by atoms with Crippen LogP contribution in [0, 0.1) is 11.8 Å². The Kier molecular flexibility index (Phi) is 8.49. The highest BCUT2D eigenvalue weighted by Crippen LogP contribution is 2.41. The zero-order chi connectivity index (χ0) is 27.7. The lowest BCUT2D eigenvalue weighted by molar-refractivity contribution is -0.236. The van der Waals surface area contributed by atoms with E-state index in [2.05, 4.69) is 29.0 Å². The first-order chi connectivity index (χ1) is 17.9. The smallest absolute Gasteiger partial charge is 0.368 e. The van der Waals surface area contributed by atoms with Crippen molar-refractivity contribution in [1.82, 2.24) is 15.2 Å². The standard InChI is InChI=1S/C27H34F3N3O4S/c1-4-38(35,36)22-8-7-21(31-13-22)12-32-26(34)19-6-9-23-20(11-19)15-33(25(23)17(2)3)14-18-5-10-24(37-16-18)27(28,29)30/h6-9,11,13,17-18,24-25H,4-5,10,12,14-16H2,1-3H3,(H,32,34)/t18?,24?,25-/m1/s1. The minimum Gasteiger partial charge on any atom is -0.368 e. The third-order valence-electron chi connectivity index (χ3n) is 7.32. The van der Waals surface area contributed by atoms with Crippen LogP contribution in [0.2, 0.25) is 0 Å². The molecule has 208 valence electrons. The summed E-state index contributed by atoms with van der Waals surface area (Å²) in [6.45, 7) is 7.31. The second-order valence-corrected chi connectivity index (χ2v) is 12.7. The molecule has 4 rings (SSSR count). The number of nitrogens with one attached hydrogen (secondary N) is 1. The number of amides is 1. The van der Waals surface area contributed by atoms with Gasteiger partial charge in [-0.2, -0.15) is 13.2 Å². The molecular weight excluding hydrogens is 519 g/mol. The van der Waals surface area contributed by atoms with E-state index in [9.17, 15) is 26.4 Å². The zero-order valence-electron chi connectivity index (χ0n) is 21.8. The third-order valence-corrected chi connectivity index (χ3v) is 9.04. The monoisotopic (exact) mass is 553 g/mol. The van der Waals surface area contributed by atoms with Crippen molar-refractivity contribution < 1.29 is 31.1 Å². The SMILES string of the molecule is CCS(=O)(=O)c1ccc(CNC(=O)c2ccc3c(c2)CN(CC2CCC(C(F)(F)F)OC2)[C@@H]3C(C)C)nc1. The molecule has 0 radical (unpaired) electrons. The second-order valence-electron chi connectivity index (χ2n) is 10.4. The van der Waals surface area contributed by atoms with Crippen LogP contribution in [-0.2, 0) is 27.7 Å². The van der Waals surface area contributed by atoms with Gasteiger partial charge in [-0.25, -0.2) is 8.42 Å². The van der Waals surface area contributed by atoms with E-state index in [1.54, 1.807) is 19.1 Å². The number of benzene rings is 1. The molecule has 1 saturated heterocycles. The summed E-state index contributed by atoms with van der Waals surface area (Å²) in [5.74, 6) is 0.0378. The molecule has 1 aromatic heterocycles. The number of hydrogen-bond donors (Lipinski definition) is 1. The Morgan fingerprint density at radius 2 is 1.97 bits per heavy atom. The van der Waals surface area contributed by atoms with Crippen LogP contribution in [0.5, 0.6) is 0 Å². The van der Waals surface area contributed by atoms with Gasteiger partial charge in [0.2, 0.25) is 0 Å². The van der Waals surface area contributed by atoms with Gasteiger partial charge in [0.05, 0.1) is 29.5 Å². The molecule has 3 atom stereocenters. The van der Waals surface area contributed by atoms with Gasteiger partial charge in [-0.05, 0) is 60.1 Å². The van der Waals surface area contributed by atoms with E-state index in [0.717, 1.165) is 11.1 Å². The molecule has 1 amide bonds. The molecule has 2 aliphatic rings. The fraction of sp³-hybridized carbons (Fsp3) is 0.556. The van der Waals surface area contributed by atoms with Gasteiger partial charge in [0.15, 0.2) is 15.9 Å². The minimum atomic E-state index is -4.32. The summed E-state index contributed by atoms with van der Waals surface area (Å²) >= 11 is 0. The molecular formula is C27H34F3N3O4S. The predicted octanol–water partition coefficient (Wildman–Crippen LogP) is 4.68. The van der Waals surface area contributed by atoms with E-state index in [1.165, 1.54) is 12.3 Å². The average Bonchev–Trinajstić information content (AvgIpc) is 3.24. The van der Waals surface area contributed by atoms with Crippen molar-refractivity contribution in [2.75, 3.05) is 18.9 Å². The Hall–Kier alpha value is -2.50. The number of hydrogen-bond acceptors (Lipinski definition) is 6. The molecule has 2 aliphatic heterocycles. The zero-order valence-corrected chi connectivity index (χ0v) is 22.6. The van der Waals surface area contributed by atoms with E-state index in [1.807, 2.05) is 12.1 Å². The number of fused-ring (bicyclic) bond motifs is 1. The third kappa shape index (κ3) is 6.38. The van der Waals surface area contributed by atoms with Crippen molar-refractivity contribution in [2.24, 2.45) is 11.8 Å². The van der Waals surface area contributed by atoms with Crippen molar-refractivity contribution in [3.05, 3.63) is 58.9 Å². The number of nitrogens with zero attached hydrogens (tertiary/aromatic N) is 2. The molecule has 38 heavy (non-hydrogen) atoms. The summed E-state index contributed by atoms with van der Waals surface area (Å²) in [6, 6.07) is 8.82. The summed E-state index contributed by atoms with van der Waals surface area (Å²) in [7, 11) is -3.33. The molecule has 11 heteroatoms. The maximum absolute atomic E-state index is 13.0. The lowest BCUT2D eigenvalue weighted by Crippen LogP contribution is -2.41. The van der Waals surface area contributed by atoms with Crippen molar-refractivity contribution in [1.29, 1.82) is 0 Å². The molecule has 3 heterocycles. The fourth-order valence-electron chi connectivity index (χ4n) is 5.32. The number of rotatable bonds is 8. The normalized spacial score (nSPS) is 22.4. The Balaban J connectivity index is 1.38. The highest BCUT2D eigenvalue weighted by Gasteiger charge is 2.43. The maximum atomic E-state index is 13.0. The van der Waals surface area contributed by atoms with E-state index in [-0.39, 0.29) is 54.0 Å². The van der Waals surface area contributed by atoms with Gasteiger partial charge >= 0.3 is 6.18 Å². The molecule has 0 aliphatic carbocycles. The topological polar surface area (TPSA) is 88.6 Å². The molecule has 0 spiro atoms. The number of carbonyl (C=O) groups excluding carboxylic acids is 1. The molecule has 1 aromatic carbocycles. The first-order valence-corrected chi connectivity index (χ1v) is 14.5. The summed E-state index contributed by atoms with van der Waals surface area (Å²) in [5, 5.41) is 2.83. The van der Waals surface area contributed by atoms with Crippen LogP contribution in [0.25, 0.3) is 0 Å². The van der Waals surface area contributed by atoms with Crippen molar-refractivity contribution >= 4 is 15.7 Å². The van der Waals surface area contributed by atoms with Crippen LogP contribution < -0.4 is 5.32 Å². The summed E-state index contributed by atoms with van der Waals surface area (Å²) in [6.07, 6.45) is -4.24. The molecule has 0 saturated carbocycles. The summed E-state index contributed by atoms with van der Waals surface area (Å²) < 4.78 is 67.9. The first-order valence-electron chi connectivity index (χ1n) is 12.9. The number of carbonyl (C=O) groups is 1. The summed E-state index contributed by atoms with van der Waals surface area (Å²) in [4.78, 5) is 19.5. The molecule has 7 nitrogen and oxygen atoms in total. The first kappa shape index (κ1) is 28.5. The van der Waals surface area contributed by atoms with Crippen LogP contribution in [0.1, 0.15) is 66.8 Å². The van der Waals surface area contributed by atoms with E-state index >= 15 is 0 Å². The van der Waals surface area contributed by atoms with Crippen LogP contribution in [0.3, 0.4) is 0 Å². The number of aromatic nitrogens is 1. The number of sulfone groups is 1. The van der Waals surface area contributed by atoms with E-state index in [0.29, 0.717) is 30.8 Å². The predicted molar refractivity (Wildman–Crippen MR) is 136 cm³/mol. The van der Waals surface area contributed by atoms with Crippen LogP contribution in [0.4, 0.5) is 13.2 Å². The molecule has 1 fully saturated rings. The van der Waals surface area contributed by atoms with Crippen LogP contribution in [0.15, 0.2) is 41.4 Å². The lowest BCUT2D eigenvalue weighted by Gasteiger charge is -2.35. The van der Waals surface area contributed by atoms with Crippen molar-refractivity contribution in [2.45, 2.75) is 69.9 Å². The Bertz CT molecular complexity index is 1240. The largest absolute Gasteiger partial charge is 0.414 e. The Morgan fingerprint density at radius 1 is 1.21 bits per heavy atom. The van der Waals surface area contributed by atoms with Crippen LogP contribution >= 0.6 is 0 Å². The Morgan fingerprint density at radius 3 is 2.55 bits per heavy atom. The number of alkyl halides is 3. The van der Waals surface area contributed by atoms with Gasteiger partial charge < -0.3 is 10.1 Å². The van der Waals surface area contributed by atoms with Crippen molar-refractivity contribution in [3.8, 4) is 0 Å². The van der Waals surface area contributed by atoms with Gasteiger partial charge in [0.25, 0.3) is 5.91 Å². The second kappa shape index (κ2) is 11.3. The van der Waals surface area contributed by atoms with Gasteiger partial charge in [-0.15, -0.1) is 0 Å². The fourth-order valence-corrected chi connectivity index (χ4v) is 6.15. The highest BCUT2D eigenvalue weighted by molar-refractivity contribution is 7.91. The number of ether oxygens (including phenoxy) is 1. The van der Waals surface area contributed by atoms with Crippen LogP contribution in [-0.4, -0.2) is 55.4 Å². The average molecular weight is 554 g/mol. The van der Waals surface area contributed by atoms with E-state index < -0.39 is 22.1 Å². The molecule has 2 unspecified atom stereocenters. The molecule has 2 aromatic rings. The quantitative estimate of drug-likeness (QED) is 0.511. The molecule has 1 N–H and O–H groups in total. The minimum absolute atomic E-state index is 0.00879. The van der Waals surface area contributed by atoms with Gasteiger partial charge in [0, 0.05) is 30.9 Å². The number of halogens is 3. The molecule has 0 bridgehead atoms. The van der Waals surface area contributed by atoms with Crippen molar-refractivity contribution in [3.63, 3.8) is 0 Å². The van der Waals surface area contributed by atoms with Gasteiger partial charge in [-0.3, -0.25) is 14.7 Å². The van der Waals surface area contributed by atoms with Gasteiger partial charge in [0.1, 0.15) is 0 Å². The highest BCUT2D eigenvalue weighted by atomic mass is 32.2. The Labute approximate surface area is 221 Å². The maximum Gasteiger partial charge on any atom is 0.414 e. The lowest BCUT2D eigenvalue weighted by atomic mass is 9.93. The van der Waals surface area contributed by atoms with E-state index in [4.69, 9.17) is 4.74 Å². The van der Waals surface area contributed by atoms with Gasteiger partial charge in [-0.1, -0.05) is 26.8 Å². The summed E-state index contributed by atoms with van der Waals surface area (Å²) in [5.41, 5.74) is 3.22.